The summed E-state index contributed by atoms with van der Waals surface area (Å²) in [6, 6.07) is 4.36. The van der Waals surface area contributed by atoms with Crippen LogP contribution in [0.1, 0.15) is 57.5 Å². The van der Waals surface area contributed by atoms with Crippen molar-refractivity contribution in [3.05, 3.63) is 51.5 Å². The fourth-order valence-electron chi connectivity index (χ4n) is 3.97. The standard InChI is InChI=1S/C20H24N4O/c1-4-16-12(3)15-9-11(2)8-13(18(15)22-16)10-21-20(25)19-14-6-5-7-17(14)23-24-19/h8-9,22H,4-7,10H2,1-3H3,(H,21,25)(H,23,24). The van der Waals surface area contributed by atoms with E-state index in [1.165, 1.54) is 22.2 Å². The molecule has 0 bridgehead atoms. The van der Waals surface area contributed by atoms with Crippen molar-refractivity contribution in [3.8, 4) is 0 Å². The Morgan fingerprint density at radius 3 is 2.92 bits per heavy atom. The molecule has 1 amide bonds. The van der Waals surface area contributed by atoms with Crippen molar-refractivity contribution in [1.29, 1.82) is 0 Å². The summed E-state index contributed by atoms with van der Waals surface area (Å²) in [5.74, 6) is -0.0898. The lowest BCUT2D eigenvalue weighted by atomic mass is 10.0. The maximum absolute atomic E-state index is 12.6. The lowest BCUT2D eigenvalue weighted by Gasteiger charge is -2.08. The number of rotatable bonds is 4. The van der Waals surface area contributed by atoms with E-state index >= 15 is 0 Å². The summed E-state index contributed by atoms with van der Waals surface area (Å²) in [5.41, 5.74) is 8.81. The molecule has 1 aliphatic carbocycles. The number of benzene rings is 1. The highest BCUT2D eigenvalue weighted by Gasteiger charge is 2.23. The molecule has 3 N–H and O–H groups in total. The second-order valence-corrected chi connectivity index (χ2v) is 6.99. The first-order valence-electron chi connectivity index (χ1n) is 9.03. The van der Waals surface area contributed by atoms with Crippen LogP contribution in [0, 0.1) is 13.8 Å². The number of hydrogen-bond acceptors (Lipinski definition) is 2. The predicted molar refractivity (Wildman–Crippen MR) is 98.9 cm³/mol. The minimum Gasteiger partial charge on any atom is -0.358 e. The molecule has 0 fully saturated rings. The molecule has 4 rings (SSSR count). The number of carbonyl (C=O) groups is 1. The van der Waals surface area contributed by atoms with Gasteiger partial charge in [-0.1, -0.05) is 18.6 Å². The molecule has 5 nitrogen and oxygen atoms in total. The van der Waals surface area contributed by atoms with Crippen LogP contribution in [-0.2, 0) is 25.8 Å². The molecule has 0 radical (unpaired) electrons. The smallest absolute Gasteiger partial charge is 0.272 e. The van der Waals surface area contributed by atoms with E-state index in [0.717, 1.165) is 48.0 Å². The zero-order valence-electron chi connectivity index (χ0n) is 15.0. The van der Waals surface area contributed by atoms with E-state index in [1.54, 1.807) is 0 Å². The van der Waals surface area contributed by atoms with Gasteiger partial charge in [0.1, 0.15) is 0 Å². The normalized spacial score (nSPS) is 13.4. The van der Waals surface area contributed by atoms with Crippen LogP contribution in [0.15, 0.2) is 12.1 Å². The third-order valence-corrected chi connectivity index (χ3v) is 5.31. The molecule has 0 spiro atoms. The van der Waals surface area contributed by atoms with E-state index in [4.69, 9.17) is 0 Å². The van der Waals surface area contributed by atoms with Crippen LogP contribution in [-0.4, -0.2) is 21.1 Å². The number of nitrogens with one attached hydrogen (secondary N) is 3. The Hall–Kier alpha value is -2.56. The Morgan fingerprint density at radius 1 is 1.28 bits per heavy atom. The van der Waals surface area contributed by atoms with Crippen LogP contribution >= 0.6 is 0 Å². The van der Waals surface area contributed by atoms with E-state index in [0.29, 0.717) is 12.2 Å². The molecule has 0 atom stereocenters. The Labute approximate surface area is 147 Å². The molecule has 0 saturated carbocycles. The third-order valence-electron chi connectivity index (χ3n) is 5.31. The summed E-state index contributed by atoms with van der Waals surface area (Å²) < 4.78 is 0. The largest absolute Gasteiger partial charge is 0.358 e. The first-order chi connectivity index (χ1) is 12.1. The second-order valence-electron chi connectivity index (χ2n) is 6.99. The summed E-state index contributed by atoms with van der Waals surface area (Å²) in [4.78, 5) is 16.1. The number of aromatic amines is 2. The van der Waals surface area contributed by atoms with Gasteiger partial charge >= 0.3 is 0 Å². The average Bonchev–Trinajstić information content (AvgIpc) is 3.27. The molecule has 2 heterocycles. The molecule has 0 unspecified atom stereocenters. The van der Waals surface area contributed by atoms with Gasteiger partial charge in [0.2, 0.25) is 0 Å². The zero-order chi connectivity index (χ0) is 17.6. The van der Waals surface area contributed by atoms with Gasteiger partial charge in [-0.05, 0) is 56.7 Å². The molecular weight excluding hydrogens is 312 g/mol. The van der Waals surface area contributed by atoms with Crippen molar-refractivity contribution >= 4 is 16.8 Å². The predicted octanol–water partition coefficient (Wildman–Crippen LogP) is 3.49. The van der Waals surface area contributed by atoms with Crippen LogP contribution < -0.4 is 5.32 Å². The van der Waals surface area contributed by atoms with Gasteiger partial charge < -0.3 is 10.3 Å². The Balaban J connectivity index is 1.61. The van der Waals surface area contributed by atoms with E-state index in [2.05, 4.69) is 53.4 Å². The summed E-state index contributed by atoms with van der Waals surface area (Å²) >= 11 is 0. The Kier molecular flexibility index (Phi) is 3.86. The van der Waals surface area contributed by atoms with E-state index in [1.807, 2.05) is 0 Å². The summed E-state index contributed by atoms with van der Waals surface area (Å²) in [6.45, 7) is 6.92. The summed E-state index contributed by atoms with van der Waals surface area (Å²) in [6.07, 6.45) is 4.02. The van der Waals surface area contributed by atoms with Crippen LogP contribution in [0.3, 0.4) is 0 Å². The Morgan fingerprint density at radius 2 is 2.12 bits per heavy atom. The molecule has 25 heavy (non-hydrogen) atoms. The highest BCUT2D eigenvalue weighted by molar-refractivity contribution is 5.94. The highest BCUT2D eigenvalue weighted by Crippen LogP contribution is 2.27. The lowest BCUT2D eigenvalue weighted by molar-refractivity contribution is 0.0945. The molecule has 0 saturated heterocycles. The van der Waals surface area contributed by atoms with Crippen molar-refractivity contribution < 1.29 is 4.79 Å². The van der Waals surface area contributed by atoms with Gasteiger partial charge in [0.25, 0.3) is 5.91 Å². The van der Waals surface area contributed by atoms with E-state index in [9.17, 15) is 4.79 Å². The van der Waals surface area contributed by atoms with E-state index in [-0.39, 0.29) is 5.91 Å². The molecule has 3 aromatic rings. The maximum atomic E-state index is 12.6. The van der Waals surface area contributed by atoms with Gasteiger partial charge in [0.15, 0.2) is 5.69 Å². The minimum atomic E-state index is -0.0898. The summed E-state index contributed by atoms with van der Waals surface area (Å²) in [5, 5.41) is 11.5. The monoisotopic (exact) mass is 336 g/mol. The number of fused-ring (bicyclic) bond motifs is 2. The number of hydrogen-bond donors (Lipinski definition) is 3. The molecule has 0 aliphatic heterocycles. The van der Waals surface area contributed by atoms with E-state index < -0.39 is 0 Å². The minimum absolute atomic E-state index is 0.0898. The second kappa shape index (κ2) is 6.06. The van der Waals surface area contributed by atoms with Crippen molar-refractivity contribution in [3.63, 3.8) is 0 Å². The number of H-pyrrole nitrogens is 2. The summed E-state index contributed by atoms with van der Waals surface area (Å²) in [7, 11) is 0. The van der Waals surface area contributed by atoms with Crippen molar-refractivity contribution in [2.45, 2.75) is 53.0 Å². The van der Waals surface area contributed by atoms with Gasteiger partial charge in [-0.3, -0.25) is 9.89 Å². The molecular formula is C20H24N4O. The van der Waals surface area contributed by atoms with Gasteiger partial charge in [-0.15, -0.1) is 0 Å². The fraction of sp³-hybridized carbons (Fsp3) is 0.400. The number of aromatic nitrogens is 3. The van der Waals surface area contributed by atoms with Gasteiger partial charge in [0.05, 0.1) is 5.52 Å². The molecule has 1 aliphatic rings. The number of carbonyl (C=O) groups excluding carboxylic acids is 1. The number of aryl methyl sites for hydroxylation is 4. The number of nitrogens with zero attached hydrogens (tertiary/aromatic N) is 1. The molecule has 1 aromatic carbocycles. The van der Waals surface area contributed by atoms with Crippen LogP contribution in [0.25, 0.3) is 10.9 Å². The van der Waals surface area contributed by atoms with Crippen molar-refractivity contribution in [1.82, 2.24) is 20.5 Å². The molecule has 5 heteroatoms. The quantitative estimate of drug-likeness (QED) is 0.682. The van der Waals surface area contributed by atoms with Crippen LogP contribution in [0.5, 0.6) is 0 Å². The fourth-order valence-corrected chi connectivity index (χ4v) is 3.97. The molecule has 2 aromatic heterocycles. The topological polar surface area (TPSA) is 73.6 Å². The lowest BCUT2D eigenvalue weighted by Crippen LogP contribution is -2.24. The first kappa shape index (κ1) is 15.9. The van der Waals surface area contributed by atoms with Gasteiger partial charge in [-0.2, -0.15) is 5.10 Å². The number of amides is 1. The Bertz CT molecular complexity index is 964. The highest BCUT2D eigenvalue weighted by atomic mass is 16.1. The van der Waals surface area contributed by atoms with Crippen LogP contribution in [0.2, 0.25) is 0 Å². The van der Waals surface area contributed by atoms with Crippen molar-refractivity contribution in [2.75, 3.05) is 0 Å². The van der Waals surface area contributed by atoms with Crippen LogP contribution in [0.4, 0.5) is 0 Å². The maximum Gasteiger partial charge on any atom is 0.272 e. The molecule has 130 valence electrons. The van der Waals surface area contributed by atoms with Gasteiger partial charge in [0, 0.05) is 28.9 Å². The average molecular weight is 336 g/mol. The SMILES string of the molecule is CCc1[nH]c2c(CNC(=O)c3n[nH]c4c3CCC4)cc(C)cc2c1C. The van der Waals surface area contributed by atoms with Crippen molar-refractivity contribution in [2.24, 2.45) is 0 Å². The first-order valence-corrected chi connectivity index (χ1v) is 9.03. The third kappa shape index (κ3) is 2.64. The van der Waals surface area contributed by atoms with Gasteiger partial charge in [-0.25, -0.2) is 0 Å². The zero-order valence-corrected chi connectivity index (χ0v) is 15.0.